The number of hydrogen-bond acceptors (Lipinski definition) is 4. The molecule has 1 saturated heterocycles. The minimum absolute atomic E-state index is 0.0180. The molecule has 0 radical (unpaired) electrons. The second-order valence-electron chi connectivity index (χ2n) is 6.03. The number of rotatable bonds is 7. The maximum Gasteiger partial charge on any atom is 0.321 e. The Bertz CT molecular complexity index is 733. The van der Waals surface area contributed by atoms with Crippen molar-refractivity contribution in [2.24, 2.45) is 5.92 Å². The monoisotopic (exact) mass is 359 g/mol. The second-order valence-corrected chi connectivity index (χ2v) is 6.81. The topological polar surface area (TPSA) is 81.7 Å². The number of urea groups is 1. The molecule has 1 aromatic carbocycles. The van der Waals surface area contributed by atoms with Crippen molar-refractivity contribution < 1.29 is 14.7 Å². The number of thiophene rings is 1. The standard InChI is InChI=1S/C18H21N3O3S/c22-11-14(8-13-4-7-25-12-13)10-20-17(23)15-2-1-3-16(9-15)21-6-5-19-18(21)24/h1-4,7,9,12,14,22H,5-6,8,10-11H2,(H,19,24)(H,20,23)/t14-/m1/s1. The first kappa shape index (κ1) is 17.4. The summed E-state index contributed by atoms with van der Waals surface area (Å²) in [5.41, 5.74) is 2.38. The van der Waals surface area contributed by atoms with Crippen LogP contribution < -0.4 is 15.5 Å². The summed E-state index contributed by atoms with van der Waals surface area (Å²) in [5, 5.41) is 19.2. The average Bonchev–Trinajstić information content (AvgIpc) is 3.29. The molecule has 1 fully saturated rings. The van der Waals surface area contributed by atoms with Crippen molar-refractivity contribution >= 4 is 29.0 Å². The molecule has 3 N–H and O–H groups in total. The Kier molecular flexibility index (Phi) is 5.67. The Labute approximate surface area is 150 Å². The lowest BCUT2D eigenvalue weighted by Gasteiger charge is -2.16. The molecule has 2 heterocycles. The van der Waals surface area contributed by atoms with Gasteiger partial charge in [-0.25, -0.2) is 4.79 Å². The molecular formula is C18H21N3O3S. The van der Waals surface area contributed by atoms with Crippen molar-refractivity contribution in [2.45, 2.75) is 6.42 Å². The van der Waals surface area contributed by atoms with Gasteiger partial charge in [-0.15, -0.1) is 0 Å². The minimum atomic E-state index is -0.203. The number of benzene rings is 1. The summed E-state index contributed by atoms with van der Waals surface area (Å²) in [6.45, 7) is 1.62. The Morgan fingerprint density at radius 3 is 2.96 bits per heavy atom. The van der Waals surface area contributed by atoms with Crippen LogP contribution in [0.2, 0.25) is 0 Å². The van der Waals surface area contributed by atoms with Crippen molar-refractivity contribution in [3.05, 3.63) is 52.2 Å². The van der Waals surface area contributed by atoms with E-state index in [1.165, 1.54) is 5.56 Å². The number of carbonyl (C=O) groups is 2. The number of carbonyl (C=O) groups excluding carboxylic acids is 2. The summed E-state index contributed by atoms with van der Waals surface area (Å²) in [4.78, 5) is 25.8. The van der Waals surface area contributed by atoms with Gasteiger partial charge in [-0.3, -0.25) is 9.69 Å². The van der Waals surface area contributed by atoms with Gasteiger partial charge in [0.1, 0.15) is 0 Å². The number of aliphatic hydroxyl groups excluding tert-OH is 1. The molecule has 0 spiro atoms. The summed E-state index contributed by atoms with van der Waals surface area (Å²) in [6, 6.07) is 8.90. The van der Waals surface area contributed by atoms with E-state index in [1.807, 2.05) is 17.5 Å². The lowest BCUT2D eigenvalue weighted by Crippen LogP contribution is -2.32. The highest BCUT2D eigenvalue weighted by Gasteiger charge is 2.22. The molecule has 2 aromatic rings. The van der Waals surface area contributed by atoms with Crippen molar-refractivity contribution in [1.82, 2.24) is 10.6 Å². The van der Waals surface area contributed by atoms with Crippen LogP contribution in [-0.2, 0) is 6.42 Å². The van der Waals surface area contributed by atoms with Gasteiger partial charge in [-0.1, -0.05) is 6.07 Å². The summed E-state index contributed by atoms with van der Waals surface area (Å²) in [6.07, 6.45) is 0.730. The van der Waals surface area contributed by atoms with Crippen molar-refractivity contribution in [1.29, 1.82) is 0 Å². The predicted molar refractivity (Wildman–Crippen MR) is 98.1 cm³/mol. The molecule has 1 aliphatic heterocycles. The smallest absolute Gasteiger partial charge is 0.321 e. The number of amides is 3. The molecule has 1 aromatic heterocycles. The summed E-state index contributed by atoms with van der Waals surface area (Å²) in [7, 11) is 0. The first-order valence-electron chi connectivity index (χ1n) is 8.23. The zero-order chi connectivity index (χ0) is 17.6. The van der Waals surface area contributed by atoms with Gasteiger partial charge >= 0.3 is 6.03 Å². The summed E-state index contributed by atoms with van der Waals surface area (Å²) >= 11 is 1.62. The van der Waals surface area contributed by atoms with E-state index in [0.29, 0.717) is 30.9 Å². The van der Waals surface area contributed by atoms with Gasteiger partial charge in [0.2, 0.25) is 0 Å². The number of anilines is 1. The lowest BCUT2D eigenvalue weighted by molar-refractivity contribution is 0.0940. The first-order chi connectivity index (χ1) is 12.2. The highest BCUT2D eigenvalue weighted by Crippen LogP contribution is 2.18. The number of aliphatic hydroxyl groups is 1. The SMILES string of the molecule is O=C(NC[C@H](CO)Cc1ccsc1)c1cccc(N2CCNC2=O)c1. The van der Waals surface area contributed by atoms with Crippen LogP contribution in [-0.4, -0.2) is 43.3 Å². The highest BCUT2D eigenvalue weighted by molar-refractivity contribution is 7.07. The third-order valence-electron chi connectivity index (χ3n) is 4.19. The summed E-state index contributed by atoms with van der Waals surface area (Å²) in [5.74, 6) is -0.226. The van der Waals surface area contributed by atoms with Gasteiger partial charge in [0, 0.05) is 43.4 Å². The molecule has 6 nitrogen and oxygen atoms in total. The Morgan fingerprint density at radius 2 is 2.28 bits per heavy atom. The van der Waals surface area contributed by atoms with Gasteiger partial charge in [0.05, 0.1) is 0 Å². The van der Waals surface area contributed by atoms with Crippen LogP contribution in [0.4, 0.5) is 10.5 Å². The van der Waals surface area contributed by atoms with E-state index in [0.717, 1.165) is 6.42 Å². The molecular weight excluding hydrogens is 338 g/mol. The number of nitrogens with zero attached hydrogens (tertiary/aromatic N) is 1. The minimum Gasteiger partial charge on any atom is -0.396 e. The van der Waals surface area contributed by atoms with Crippen LogP contribution in [0, 0.1) is 5.92 Å². The Balaban J connectivity index is 1.60. The van der Waals surface area contributed by atoms with Crippen LogP contribution in [0.3, 0.4) is 0 Å². The van der Waals surface area contributed by atoms with E-state index in [9.17, 15) is 14.7 Å². The summed E-state index contributed by atoms with van der Waals surface area (Å²) < 4.78 is 0. The maximum atomic E-state index is 12.4. The zero-order valence-corrected chi connectivity index (χ0v) is 14.6. The molecule has 3 amide bonds. The number of nitrogens with one attached hydrogen (secondary N) is 2. The third kappa shape index (κ3) is 4.37. The molecule has 1 aliphatic rings. The van der Waals surface area contributed by atoms with Gasteiger partial charge in [-0.05, 0) is 47.0 Å². The first-order valence-corrected chi connectivity index (χ1v) is 9.17. The molecule has 0 unspecified atom stereocenters. The van der Waals surface area contributed by atoms with E-state index in [1.54, 1.807) is 34.4 Å². The average molecular weight is 359 g/mol. The van der Waals surface area contributed by atoms with Crippen LogP contribution in [0.5, 0.6) is 0 Å². The molecule has 25 heavy (non-hydrogen) atoms. The van der Waals surface area contributed by atoms with Gasteiger partial charge in [-0.2, -0.15) is 11.3 Å². The third-order valence-corrected chi connectivity index (χ3v) is 4.92. The van der Waals surface area contributed by atoms with Crippen LogP contribution in [0.25, 0.3) is 0 Å². The molecule has 7 heteroatoms. The zero-order valence-electron chi connectivity index (χ0n) is 13.8. The second kappa shape index (κ2) is 8.13. The van der Waals surface area contributed by atoms with Crippen molar-refractivity contribution in [2.75, 3.05) is 31.1 Å². The van der Waals surface area contributed by atoms with Gasteiger partial charge in [0.25, 0.3) is 5.91 Å². The fourth-order valence-electron chi connectivity index (χ4n) is 2.82. The molecule has 3 rings (SSSR count). The van der Waals surface area contributed by atoms with Crippen LogP contribution in [0.1, 0.15) is 15.9 Å². The Hall–Kier alpha value is -2.38. The van der Waals surface area contributed by atoms with Crippen molar-refractivity contribution in [3.63, 3.8) is 0 Å². The Morgan fingerprint density at radius 1 is 1.40 bits per heavy atom. The van der Waals surface area contributed by atoms with E-state index in [4.69, 9.17) is 0 Å². The predicted octanol–water partition coefficient (Wildman–Crippen LogP) is 1.86. The van der Waals surface area contributed by atoms with Crippen molar-refractivity contribution in [3.8, 4) is 0 Å². The molecule has 0 aliphatic carbocycles. The normalized spacial score (nSPS) is 15.1. The van der Waals surface area contributed by atoms with Crippen LogP contribution in [0.15, 0.2) is 41.1 Å². The fourth-order valence-corrected chi connectivity index (χ4v) is 3.50. The quantitative estimate of drug-likeness (QED) is 0.706. The molecule has 0 bridgehead atoms. The van der Waals surface area contributed by atoms with E-state index in [-0.39, 0.29) is 24.5 Å². The maximum absolute atomic E-state index is 12.4. The van der Waals surface area contributed by atoms with E-state index in [2.05, 4.69) is 16.0 Å². The molecule has 1 atom stereocenters. The van der Waals surface area contributed by atoms with Gasteiger partial charge in [0.15, 0.2) is 0 Å². The molecule has 132 valence electrons. The highest BCUT2D eigenvalue weighted by atomic mass is 32.1. The van der Waals surface area contributed by atoms with Crippen LogP contribution >= 0.6 is 11.3 Å². The number of hydrogen-bond donors (Lipinski definition) is 3. The van der Waals surface area contributed by atoms with Gasteiger partial charge < -0.3 is 15.7 Å². The lowest BCUT2D eigenvalue weighted by atomic mass is 10.0. The fraction of sp³-hybridized carbons (Fsp3) is 0.333. The van der Waals surface area contributed by atoms with E-state index < -0.39 is 0 Å². The largest absolute Gasteiger partial charge is 0.396 e. The molecule has 0 saturated carbocycles. The van der Waals surface area contributed by atoms with E-state index >= 15 is 0 Å².